The van der Waals surface area contributed by atoms with E-state index in [0.717, 1.165) is 11.1 Å². The molecule has 1 heterocycles. The van der Waals surface area contributed by atoms with Gasteiger partial charge in [0.1, 0.15) is 5.82 Å². The maximum atomic E-state index is 12.8. The first-order valence-electron chi connectivity index (χ1n) is 6.45. The number of Topliss-reactive ketones (excluding diaryl/α,β-unsaturated/α-hetero) is 1. The Balaban J connectivity index is 1.83. The summed E-state index contributed by atoms with van der Waals surface area (Å²) in [5.41, 5.74) is 1.91. The van der Waals surface area contributed by atoms with E-state index in [4.69, 9.17) is 0 Å². The number of halogens is 1. The molecule has 4 nitrogen and oxygen atoms in total. The monoisotopic (exact) mass is 275 g/mol. The van der Waals surface area contributed by atoms with E-state index in [1.165, 1.54) is 12.1 Å². The first-order chi connectivity index (χ1) is 9.52. The van der Waals surface area contributed by atoms with Gasteiger partial charge in [0, 0.05) is 31.8 Å². The van der Waals surface area contributed by atoms with Gasteiger partial charge in [-0.3, -0.25) is 14.4 Å². The molecular weight excluding hydrogens is 257 g/mol. The van der Waals surface area contributed by atoms with Crippen molar-refractivity contribution in [2.75, 3.05) is 13.6 Å². The van der Waals surface area contributed by atoms with Gasteiger partial charge in [0.15, 0.2) is 5.78 Å². The van der Waals surface area contributed by atoms with Crippen molar-refractivity contribution in [1.82, 2.24) is 14.7 Å². The number of likely N-dealkylation sites (N-methyl/N-ethyl adjacent to an activating group) is 1. The van der Waals surface area contributed by atoms with E-state index in [-0.39, 0.29) is 11.6 Å². The maximum Gasteiger partial charge on any atom is 0.151 e. The van der Waals surface area contributed by atoms with Gasteiger partial charge in [-0.2, -0.15) is 5.10 Å². The van der Waals surface area contributed by atoms with Crippen molar-refractivity contribution in [2.24, 2.45) is 7.05 Å². The molecule has 0 aliphatic carbocycles. The van der Waals surface area contributed by atoms with Crippen molar-refractivity contribution < 1.29 is 9.18 Å². The topological polar surface area (TPSA) is 38.1 Å². The molecule has 0 saturated carbocycles. The SMILES string of the molecule is CN(CC(=O)Cc1ccc(F)cc1)Cc1cnn(C)c1. The van der Waals surface area contributed by atoms with E-state index in [2.05, 4.69) is 5.10 Å². The number of nitrogens with zero attached hydrogens (tertiary/aromatic N) is 3. The zero-order valence-electron chi connectivity index (χ0n) is 11.7. The quantitative estimate of drug-likeness (QED) is 0.807. The van der Waals surface area contributed by atoms with E-state index in [1.807, 2.05) is 25.2 Å². The van der Waals surface area contributed by atoms with Crippen molar-refractivity contribution >= 4 is 5.78 Å². The van der Waals surface area contributed by atoms with Crippen molar-refractivity contribution in [2.45, 2.75) is 13.0 Å². The Bertz CT molecular complexity index is 577. The molecule has 0 aliphatic rings. The van der Waals surface area contributed by atoms with Crippen molar-refractivity contribution in [3.63, 3.8) is 0 Å². The average molecular weight is 275 g/mol. The smallest absolute Gasteiger partial charge is 0.151 e. The Labute approximate surface area is 117 Å². The fourth-order valence-electron chi connectivity index (χ4n) is 2.11. The van der Waals surface area contributed by atoms with Crippen LogP contribution < -0.4 is 0 Å². The Morgan fingerprint density at radius 3 is 2.60 bits per heavy atom. The van der Waals surface area contributed by atoms with Gasteiger partial charge in [-0.15, -0.1) is 0 Å². The van der Waals surface area contributed by atoms with Crippen LogP contribution in [-0.4, -0.2) is 34.1 Å². The molecule has 0 radical (unpaired) electrons. The number of aryl methyl sites for hydroxylation is 1. The Kier molecular flexibility index (Phi) is 4.63. The number of hydrogen-bond donors (Lipinski definition) is 0. The average Bonchev–Trinajstić information content (AvgIpc) is 2.77. The fourth-order valence-corrected chi connectivity index (χ4v) is 2.11. The number of rotatable bonds is 6. The Morgan fingerprint density at radius 2 is 2.00 bits per heavy atom. The highest BCUT2D eigenvalue weighted by Gasteiger charge is 2.09. The van der Waals surface area contributed by atoms with Crippen LogP contribution in [0.25, 0.3) is 0 Å². The molecule has 2 rings (SSSR count). The third-order valence-electron chi connectivity index (χ3n) is 2.97. The number of carbonyl (C=O) groups is 1. The lowest BCUT2D eigenvalue weighted by Crippen LogP contribution is -2.26. The van der Waals surface area contributed by atoms with Crippen LogP contribution in [0, 0.1) is 5.82 Å². The number of aromatic nitrogens is 2. The second-order valence-electron chi connectivity index (χ2n) is 5.04. The van der Waals surface area contributed by atoms with Crippen molar-refractivity contribution in [1.29, 1.82) is 0 Å². The van der Waals surface area contributed by atoms with E-state index in [1.54, 1.807) is 23.0 Å². The van der Waals surface area contributed by atoms with Crippen LogP contribution in [0.1, 0.15) is 11.1 Å². The lowest BCUT2D eigenvalue weighted by atomic mass is 10.1. The highest BCUT2D eigenvalue weighted by Crippen LogP contribution is 2.06. The van der Waals surface area contributed by atoms with Gasteiger partial charge in [-0.05, 0) is 24.7 Å². The van der Waals surface area contributed by atoms with Gasteiger partial charge in [0.05, 0.1) is 12.7 Å². The normalized spacial score (nSPS) is 11.0. The summed E-state index contributed by atoms with van der Waals surface area (Å²) in [7, 11) is 3.76. The van der Waals surface area contributed by atoms with Crippen LogP contribution in [0.15, 0.2) is 36.7 Å². The molecule has 0 saturated heterocycles. The lowest BCUT2D eigenvalue weighted by Gasteiger charge is -2.14. The molecule has 0 N–H and O–H groups in total. The summed E-state index contributed by atoms with van der Waals surface area (Å²) in [6, 6.07) is 6.05. The third-order valence-corrected chi connectivity index (χ3v) is 2.97. The summed E-state index contributed by atoms with van der Waals surface area (Å²) in [6.07, 6.45) is 4.06. The maximum absolute atomic E-state index is 12.8. The summed E-state index contributed by atoms with van der Waals surface area (Å²) in [5.74, 6) is -0.169. The molecule has 0 aliphatic heterocycles. The minimum atomic E-state index is -0.283. The standard InChI is InChI=1S/C15H18FN3O/c1-18(9-13-8-17-19(2)10-13)11-15(20)7-12-3-5-14(16)6-4-12/h3-6,8,10H,7,9,11H2,1-2H3. The number of hydrogen-bond acceptors (Lipinski definition) is 3. The summed E-state index contributed by atoms with van der Waals surface area (Å²) < 4.78 is 14.5. The van der Waals surface area contributed by atoms with E-state index in [9.17, 15) is 9.18 Å². The molecule has 0 atom stereocenters. The van der Waals surface area contributed by atoms with Gasteiger partial charge in [0.25, 0.3) is 0 Å². The molecule has 2 aromatic rings. The van der Waals surface area contributed by atoms with E-state index in [0.29, 0.717) is 19.5 Å². The predicted octanol–water partition coefficient (Wildman–Crippen LogP) is 1.80. The highest BCUT2D eigenvalue weighted by molar-refractivity contribution is 5.82. The summed E-state index contributed by atoms with van der Waals surface area (Å²) in [4.78, 5) is 13.9. The van der Waals surface area contributed by atoms with Crippen LogP contribution in [0.5, 0.6) is 0 Å². The number of carbonyl (C=O) groups excluding carboxylic acids is 1. The zero-order valence-corrected chi connectivity index (χ0v) is 11.7. The van der Waals surface area contributed by atoms with Crippen molar-refractivity contribution in [3.8, 4) is 0 Å². The summed E-state index contributed by atoms with van der Waals surface area (Å²) >= 11 is 0. The molecular formula is C15H18FN3O. The second-order valence-corrected chi connectivity index (χ2v) is 5.04. The van der Waals surface area contributed by atoms with Crippen LogP contribution in [0.2, 0.25) is 0 Å². The molecule has 1 aromatic carbocycles. The van der Waals surface area contributed by atoms with Crippen LogP contribution in [-0.2, 0) is 24.8 Å². The van der Waals surface area contributed by atoms with Crippen LogP contribution >= 0.6 is 0 Å². The molecule has 0 bridgehead atoms. The fraction of sp³-hybridized carbons (Fsp3) is 0.333. The molecule has 106 valence electrons. The van der Waals surface area contributed by atoms with Crippen LogP contribution in [0.3, 0.4) is 0 Å². The second kappa shape index (κ2) is 6.43. The summed E-state index contributed by atoms with van der Waals surface area (Å²) in [6.45, 7) is 1.05. The lowest BCUT2D eigenvalue weighted by molar-refractivity contribution is -0.119. The molecule has 20 heavy (non-hydrogen) atoms. The number of ketones is 1. The Morgan fingerprint density at radius 1 is 1.30 bits per heavy atom. The van der Waals surface area contributed by atoms with E-state index >= 15 is 0 Å². The van der Waals surface area contributed by atoms with Crippen molar-refractivity contribution in [3.05, 3.63) is 53.6 Å². The molecule has 1 aromatic heterocycles. The van der Waals surface area contributed by atoms with Gasteiger partial charge in [0.2, 0.25) is 0 Å². The minimum Gasteiger partial charge on any atom is -0.298 e. The molecule has 0 fully saturated rings. The highest BCUT2D eigenvalue weighted by atomic mass is 19.1. The first-order valence-corrected chi connectivity index (χ1v) is 6.45. The molecule has 0 unspecified atom stereocenters. The summed E-state index contributed by atoms with van der Waals surface area (Å²) in [5, 5.41) is 4.09. The third kappa shape index (κ3) is 4.28. The van der Waals surface area contributed by atoms with Gasteiger partial charge >= 0.3 is 0 Å². The Hall–Kier alpha value is -2.01. The van der Waals surface area contributed by atoms with Gasteiger partial charge in [-0.1, -0.05) is 12.1 Å². The largest absolute Gasteiger partial charge is 0.298 e. The predicted molar refractivity (Wildman–Crippen MR) is 74.7 cm³/mol. The van der Waals surface area contributed by atoms with Crippen LogP contribution in [0.4, 0.5) is 4.39 Å². The zero-order chi connectivity index (χ0) is 14.5. The number of benzene rings is 1. The molecule has 0 amide bonds. The van der Waals surface area contributed by atoms with E-state index < -0.39 is 0 Å². The molecule has 0 spiro atoms. The molecule has 5 heteroatoms. The van der Waals surface area contributed by atoms with Gasteiger partial charge in [-0.25, -0.2) is 4.39 Å². The van der Waals surface area contributed by atoms with Gasteiger partial charge < -0.3 is 0 Å². The minimum absolute atomic E-state index is 0.114. The first kappa shape index (κ1) is 14.4.